The van der Waals surface area contributed by atoms with E-state index in [2.05, 4.69) is 25.4 Å². The van der Waals surface area contributed by atoms with Crippen molar-refractivity contribution in [2.24, 2.45) is 28.2 Å². The summed E-state index contributed by atoms with van der Waals surface area (Å²) in [4.78, 5) is 14.6. The van der Waals surface area contributed by atoms with E-state index in [4.69, 9.17) is 60.4 Å². The van der Waals surface area contributed by atoms with Crippen LogP contribution in [0.2, 0.25) is 0 Å². The van der Waals surface area contributed by atoms with Gasteiger partial charge in [0.1, 0.15) is 72.9 Å². The zero-order valence-electron chi connectivity index (χ0n) is 80.4. The second-order valence-corrected chi connectivity index (χ2v) is 30.3. The lowest BCUT2D eigenvalue weighted by Crippen LogP contribution is -2.35. The fourth-order valence-electron chi connectivity index (χ4n) is 14.9. The van der Waals surface area contributed by atoms with Gasteiger partial charge in [-0.05, 0) is 146 Å². The van der Waals surface area contributed by atoms with Crippen molar-refractivity contribution in [1.82, 2.24) is 0 Å². The molecule has 0 amide bonds. The van der Waals surface area contributed by atoms with Crippen LogP contribution in [0.25, 0.3) is 152 Å². The topological polar surface area (TPSA) is 85.5 Å². The number of rotatable bonds is 8. The highest BCUT2D eigenvalue weighted by Crippen LogP contribution is 2.47. The molecule has 0 atom stereocenters. The second-order valence-electron chi connectivity index (χ2n) is 30.3. The largest absolute Gasteiger partial charge is 0.466 e. The number of aryl methyl sites for hydroxylation is 8. The van der Waals surface area contributed by atoms with Crippen LogP contribution >= 0.6 is 0 Å². The van der Waals surface area contributed by atoms with Crippen LogP contribution in [0, 0.1) is 109 Å². The lowest BCUT2D eigenvalue weighted by Gasteiger charge is -2.12. The average molecular weight is 1490 g/mol. The maximum atomic E-state index is 9.01. The van der Waals surface area contributed by atoms with Crippen LogP contribution < -0.4 is 18.3 Å². The molecule has 0 saturated carbocycles. The number of hydrogen-bond acceptors (Lipinski definition) is 4. The first-order chi connectivity index (χ1) is 57.9. The fraction of sp³-hybridized carbons (Fsp3) is 0.280. The smallest absolute Gasteiger partial charge is 0.232 e. The Morgan fingerprint density at radius 3 is 1.08 bits per heavy atom. The minimum Gasteiger partial charge on any atom is -0.466 e. The molecule has 0 aliphatic heterocycles. The Morgan fingerprint density at radius 2 is 0.643 bits per heavy atom. The molecule has 0 spiro atoms. The van der Waals surface area contributed by atoms with Gasteiger partial charge in [0, 0.05) is 125 Å². The molecule has 16 rings (SSSR count). The van der Waals surface area contributed by atoms with E-state index >= 15 is 0 Å². The minimum atomic E-state index is -1.09. The summed E-state index contributed by atoms with van der Waals surface area (Å²) in [6, 6.07) is 32.6. The Hall–Kier alpha value is -12.5. The monoisotopic (exact) mass is 1490 g/mol. The molecule has 0 bridgehead atoms. The van der Waals surface area contributed by atoms with E-state index in [1.165, 1.54) is 0 Å². The first-order valence-corrected chi connectivity index (χ1v) is 37.3. The summed E-state index contributed by atoms with van der Waals surface area (Å²) in [6.45, 7) is 67.1. The van der Waals surface area contributed by atoms with Gasteiger partial charge in [0.25, 0.3) is 0 Å². The van der Waals surface area contributed by atoms with Gasteiger partial charge in [-0.15, -0.1) is 0 Å². The van der Waals surface area contributed by atoms with E-state index in [0.29, 0.717) is 135 Å². The molecule has 16 aromatic rings. The molecular weight excluding hydrogens is 1380 g/mol. The molecular formula is C100H100N8O4+4. The summed E-state index contributed by atoms with van der Waals surface area (Å²) in [5.41, 5.74) is 24.1. The van der Waals surface area contributed by atoms with Gasteiger partial charge in [0.2, 0.25) is 45.5 Å². The molecule has 0 fully saturated rings. The Labute approximate surface area is 675 Å². The zero-order valence-corrected chi connectivity index (χ0v) is 68.4. The van der Waals surface area contributed by atoms with Crippen LogP contribution in [0.4, 0.5) is 22.7 Å². The van der Waals surface area contributed by atoms with Gasteiger partial charge in [-0.3, -0.25) is 0 Å². The van der Waals surface area contributed by atoms with Gasteiger partial charge in [-0.1, -0.05) is 152 Å². The van der Waals surface area contributed by atoms with Gasteiger partial charge < -0.3 is 17.7 Å². The van der Waals surface area contributed by atoms with E-state index in [1.807, 2.05) is 208 Å². The van der Waals surface area contributed by atoms with Gasteiger partial charge >= 0.3 is 0 Å². The van der Waals surface area contributed by atoms with Crippen LogP contribution in [0.1, 0.15) is 185 Å². The predicted molar refractivity (Wildman–Crippen MR) is 460 cm³/mol. The van der Waals surface area contributed by atoms with Crippen molar-refractivity contribution in [1.29, 1.82) is 0 Å². The summed E-state index contributed by atoms with van der Waals surface area (Å²) < 4.78 is 137. The third kappa shape index (κ3) is 13.6. The van der Waals surface area contributed by atoms with Crippen molar-refractivity contribution in [3.8, 4) is 45.0 Å². The highest BCUT2D eigenvalue weighted by molar-refractivity contribution is 6.17. The summed E-state index contributed by atoms with van der Waals surface area (Å²) in [7, 11) is 7.38. The second kappa shape index (κ2) is 30.4. The van der Waals surface area contributed by atoms with Crippen LogP contribution in [-0.4, -0.2) is 0 Å². The molecule has 0 aliphatic rings. The SMILES string of the molecule is [2H]c1c(C([2H])(C)C)c([2H])c(-c2c(C)cc(C)c3c2oc2c([N+]#[C-])cccc23)[n+](C)c1C.[2H]c1c(C([2H])(C)C)c([2H])c(-c2c(C)ccc3c2oc2c([N+]#[C-])c(C)ccc23)[n+](C)c1C.[2H]c1c(C([2H])(C)C)c([2H])c(-c2c(C)ccc3c2oc2c([N+]#[C-])cc(C)cc23)[n+](C)c1C.[2H]c1c(C([2H])(C)C)c([2H])c(-c2c(C)ccc3c2oc2c([N+]#[C-])ccc(C)c23)[n+](C)c1C. The molecule has 0 saturated heterocycles. The highest BCUT2D eigenvalue weighted by atomic mass is 16.3. The third-order valence-electron chi connectivity index (χ3n) is 21.6. The van der Waals surface area contributed by atoms with E-state index in [-0.39, 0.29) is 48.3 Å². The molecule has 12 heteroatoms. The lowest BCUT2D eigenvalue weighted by molar-refractivity contribution is -0.666. The predicted octanol–water partition coefficient (Wildman–Crippen LogP) is 26.7. The van der Waals surface area contributed by atoms with Gasteiger partial charge in [0.05, 0.1) is 59.5 Å². The molecule has 8 heterocycles. The standard InChI is InChI=1S/4C25H25N2O/c1-14(2)18-12-17(5)27(7)21(13-18)23-16(4)8-10-19-22-15(3)9-11-20(26-6)25(22)28-24(19)23;1-14(2)18-12-17(5)27(7)21(13-18)22-15(3)8-10-19-20-11-9-16(4)23(26-6)25(20)28-24(19)22;1-14(2)18-12-17(5)27(7)22(13-18)23-16(4)8-9-19-20-10-15(3)11-21(26-6)24(20)28-25(19)23;1-14(2)18-12-17(5)27(7)21(13-18)23-16(4)11-15(3)22-19-9-8-10-20(26-6)24(19)28-25(22)23/h4*8-14H,1-5,7H3/q4*+1/i4*12D,13D,14D. The van der Waals surface area contributed by atoms with E-state index in [1.54, 1.807) is 67.5 Å². The summed E-state index contributed by atoms with van der Waals surface area (Å²) in [6.07, 6.45) is 0. The Balaban J connectivity index is 0.000000142. The van der Waals surface area contributed by atoms with Crippen molar-refractivity contribution < 1.29 is 52.4 Å². The Morgan fingerprint density at radius 1 is 0.304 bits per heavy atom. The number of fused-ring (bicyclic) bond motifs is 12. The van der Waals surface area contributed by atoms with Crippen LogP contribution in [0.3, 0.4) is 0 Å². The van der Waals surface area contributed by atoms with Crippen molar-refractivity contribution in [3.05, 3.63) is 281 Å². The summed E-state index contributed by atoms with van der Waals surface area (Å²) in [5.74, 6) is -4.37. The van der Waals surface area contributed by atoms with E-state index in [0.717, 1.165) is 110 Å². The number of nitrogens with zero attached hydrogens (tertiary/aromatic N) is 8. The minimum absolute atomic E-state index is 0.163. The molecule has 0 radical (unpaired) electrons. The molecule has 8 aromatic heterocycles. The molecule has 8 aromatic carbocycles. The van der Waals surface area contributed by atoms with E-state index < -0.39 is 23.6 Å². The van der Waals surface area contributed by atoms with Crippen LogP contribution in [0.15, 0.2) is 163 Å². The zero-order chi connectivity index (χ0) is 91.3. The molecule has 0 unspecified atom stereocenters. The number of para-hydroxylation sites is 1. The van der Waals surface area contributed by atoms with Gasteiger partial charge in [0.15, 0.2) is 22.8 Å². The number of pyridine rings is 4. The fourth-order valence-corrected chi connectivity index (χ4v) is 14.9. The first-order valence-electron chi connectivity index (χ1n) is 43.3. The van der Waals surface area contributed by atoms with Gasteiger partial charge in [-0.2, -0.15) is 18.3 Å². The average Bonchev–Trinajstić information content (AvgIpc) is 1.49. The lowest BCUT2D eigenvalue weighted by atomic mass is 9.94. The molecule has 560 valence electrons. The quantitative estimate of drug-likeness (QED) is 0.112. The number of aromatic nitrogens is 4. The third-order valence-corrected chi connectivity index (χ3v) is 21.6. The summed E-state index contributed by atoms with van der Waals surface area (Å²) in [5, 5.41) is 7.16. The van der Waals surface area contributed by atoms with Gasteiger partial charge in [-0.25, -0.2) is 19.4 Å². The van der Waals surface area contributed by atoms with Crippen molar-refractivity contribution in [2.45, 2.75) is 162 Å². The van der Waals surface area contributed by atoms with Crippen molar-refractivity contribution in [2.75, 3.05) is 0 Å². The molecule has 12 nitrogen and oxygen atoms in total. The van der Waals surface area contributed by atoms with Crippen LogP contribution in [-0.2, 0) is 28.2 Å². The maximum absolute atomic E-state index is 9.01. The molecule has 112 heavy (non-hydrogen) atoms. The van der Waals surface area contributed by atoms with Crippen molar-refractivity contribution in [3.63, 3.8) is 0 Å². The number of furan rings is 4. The molecule has 0 aliphatic carbocycles. The Kier molecular flexibility index (Phi) is 17.2. The normalized spacial score (nSPS) is 13.4. The number of benzene rings is 8. The summed E-state index contributed by atoms with van der Waals surface area (Å²) >= 11 is 0. The Bertz CT molecular complexity index is 7420. The van der Waals surface area contributed by atoms with Crippen LogP contribution in [0.5, 0.6) is 0 Å². The first kappa shape index (κ1) is 63.3. The molecule has 0 N–H and O–H groups in total. The van der Waals surface area contributed by atoms with E-state index in [9.17, 15) is 0 Å². The maximum Gasteiger partial charge on any atom is 0.232 e. The number of hydrogen-bond donors (Lipinski definition) is 0. The highest BCUT2D eigenvalue weighted by Gasteiger charge is 2.30. The van der Waals surface area contributed by atoms with Crippen molar-refractivity contribution >= 4 is 111 Å².